The van der Waals surface area contributed by atoms with Crippen LogP contribution in [0, 0.1) is 11.6 Å². The van der Waals surface area contributed by atoms with Crippen LogP contribution in [0.2, 0.25) is 0 Å². The summed E-state index contributed by atoms with van der Waals surface area (Å²) in [5, 5.41) is 9.78. The van der Waals surface area contributed by atoms with E-state index in [1.165, 1.54) is 31.0 Å². The van der Waals surface area contributed by atoms with E-state index in [2.05, 4.69) is 20.4 Å². The fraction of sp³-hybridized carbons (Fsp3) is 0.300. The molecular weight excluding hydrogens is 564 g/mol. The number of anilines is 1. The van der Waals surface area contributed by atoms with Gasteiger partial charge >= 0.3 is 0 Å². The number of rotatable bonds is 6. The molecule has 4 aromatic rings. The van der Waals surface area contributed by atoms with Crippen molar-refractivity contribution in [3.63, 3.8) is 0 Å². The van der Waals surface area contributed by atoms with Crippen LogP contribution in [-0.2, 0) is 9.84 Å². The highest BCUT2D eigenvalue weighted by atomic mass is 32.2. The van der Waals surface area contributed by atoms with Gasteiger partial charge in [-0.3, -0.25) is 14.7 Å². The molecule has 0 spiro atoms. The Kier molecular flexibility index (Phi) is 7.50. The van der Waals surface area contributed by atoms with Gasteiger partial charge in [-0.2, -0.15) is 5.10 Å². The number of sulfone groups is 1. The second-order valence-electron chi connectivity index (χ2n) is 10.7. The monoisotopic (exact) mass is 593 g/mol. The van der Waals surface area contributed by atoms with Crippen molar-refractivity contribution in [2.45, 2.75) is 41.5 Å². The van der Waals surface area contributed by atoms with Crippen molar-refractivity contribution in [2.75, 3.05) is 31.5 Å². The highest BCUT2D eigenvalue weighted by Gasteiger charge is 2.29. The number of nitrogens with zero attached hydrogens (tertiary/aromatic N) is 3. The molecule has 0 atom stereocenters. The summed E-state index contributed by atoms with van der Waals surface area (Å²) in [6.45, 7) is 3.71. The molecule has 9 nitrogen and oxygen atoms in total. The number of benzene rings is 3. The van der Waals surface area contributed by atoms with Gasteiger partial charge in [-0.1, -0.05) is 0 Å². The molecule has 218 valence electrons. The summed E-state index contributed by atoms with van der Waals surface area (Å²) >= 11 is 0. The molecule has 12 heteroatoms. The van der Waals surface area contributed by atoms with Crippen molar-refractivity contribution < 1.29 is 26.8 Å². The van der Waals surface area contributed by atoms with Crippen LogP contribution in [0.3, 0.4) is 0 Å². The highest BCUT2D eigenvalue weighted by molar-refractivity contribution is 7.91. The number of H-pyrrole nitrogens is 1. The van der Waals surface area contributed by atoms with Gasteiger partial charge in [-0.05, 0) is 93.4 Å². The molecule has 0 radical (unpaired) electrons. The molecule has 0 bridgehead atoms. The molecule has 6 rings (SSSR count). The maximum atomic E-state index is 13.7. The number of nitrogens with one attached hydrogen (secondary N) is 2. The number of hydrogen-bond donors (Lipinski definition) is 2. The average Bonchev–Trinajstić information content (AvgIpc) is 3.67. The lowest BCUT2D eigenvalue weighted by Gasteiger charge is -2.36. The van der Waals surface area contributed by atoms with E-state index in [9.17, 15) is 26.8 Å². The first-order valence-corrected chi connectivity index (χ1v) is 15.3. The molecule has 0 unspecified atom stereocenters. The Morgan fingerprint density at radius 3 is 2.14 bits per heavy atom. The van der Waals surface area contributed by atoms with E-state index in [0.29, 0.717) is 41.7 Å². The lowest BCUT2D eigenvalue weighted by molar-refractivity contribution is 0.0644. The molecule has 1 aromatic heterocycles. The molecule has 2 aliphatic heterocycles. The van der Waals surface area contributed by atoms with Crippen LogP contribution >= 0.6 is 0 Å². The maximum absolute atomic E-state index is 13.7. The molecule has 0 saturated carbocycles. The zero-order chi connectivity index (χ0) is 29.4. The number of carbonyl (C=O) groups excluding carboxylic acids is 2. The number of piperidine rings is 1. The zero-order valence-electron chi connectivity index (χ0n) is 22.6. The molecule has 3 aromatic carbocycles. The Morgan fingerprint density at radius 2 is 1.48 bits per heavy atom. The summed E-state index contributed by atoms with van der Waals surface area (Å²) in [6.07, 6.45) is 4.42. The van der Waals surface area contributed by atoms with Crippen molar-refractivity contribution in [2.24, 2.45) is 0 Å². The first-order valence-electron chi connectivity index (χ1n) is 13.8. The third-order valence-electron chi connectivity index (χ3n) is 8.03. The minimum atomic E-state index is -4.25. The first-order chi connectivity index (χ1) is 20.2. The molecule has 0 aliphatic carbocycles. The summed E-state index contributed by atoms with van der Waals surface area (Å²) in [6, 6.07) is 13.0. The highest BCUT2D eigenvalue weighted by Crippen LogP contribution is 2.29. The molecule has 2 amide bonds. The van der Waals surface area contributed by atoms with Crippen LogP contribution in [-0.4, -0.2) is 72.5 Å². The van der Waals surface area contributed by atoms with Crippen molar-refractivity contribution >= 4 is 38.4 Å². The molecule has 42 heavy (non-hydrogen) atoms. The predicted molar refractivity (Wildman–Crippen MR) is 152 cm³/mol. The number of halogens is 2. The summed E-state index contributed by atoms with van der Waals surface area (Å²) in [7, 11) is -4.25. The van der Waals surface area contributed by atoms with Crippen LogP contribution in [0.4, 0.5) is 14.6 Å². The SMILES string of the molecule is O=C(Nc1n[nH]c2ccc(S(=O)(=O)c3cc(F)cc(F)c3)cc12)c1ccc(C(=O)N2CCC(N3CCCC3)CC2)cc1. The number of fused-ring (bicyclic) bond motifs is 1. The quantitative estimate of drug-likeness (QED) is 0.337. The van der Waals surface area contributed by atoms with Gasteiger partial charge in [0.1, 0.15) is 11.6 Å². The minimum absolute atomic E-state index is 0.0629. The van der Waals surface area contributed by atoms with Crippen LogP contribution in [0.1, 0.15) is 46.4 Å². The molecule has 2 fully saturated rings. The predicted octanol–water partition coefficient (Wildman–Crippen LogP) is 4.63. The van der Waals surface area contributed by atoms with E-state index in [1.807, 2.05) is 4.90 Å². The van der Waals surface area contributed by atoms with Crippen molar-refractivity contribution in [1.82, 2.24) is 20.0 Å². The van der Waals surface area contributed by atoms with Crippen molar-refractivity contribution in [3.05, 3.63) is 83.4 Å². The van der Waals surface area contributed by atoms with E-state index in [4.69, 9.17) is 0 Å². The number of aromatic amines is 1. The number of carbonyl (C=O) groups is 2. The molecule has 3 heterocycles. The Balaban J connectivity index is 1.14. The van der Waals surface area contributed by atoms with Gasteiger partial charge in [0.25, 0.3) is 11.8 Å². The van der Waals surface area contributed by atoms with Gasteiger partial charge in [-0.25, -0.2) is 17.2 Å². The van der Waals surface area contributed by atoms with Crippen LogP contribution in [0.25, 0.3) is 10.9 Å². The number of amides is 2. The Hall–Kier alpha value is -4.16. The van der Waals surface area contributed by atoms with Crippen LogP contribution < -0.4 is 5.32 Å². The number of aromatic nitrogens is 2. The van der Waals surface area contributed by atoms with Gasteiger partial charge in [0.05, 0.1) is 15.3 Å². The number of likely N-dealkylation sites (tertiary alicyclic amines) is 2. The van der Waals surface area contributed by atoms with Gasteiger partial charge in [0.15, 0.2) is 5.82 Å². The van der Waals surface area contributed by atoms with Crippen molar-refractivity contribution in [3.8, 4) is 0 Å². The van der Waals surface area contributed by atoms with Gasteiger partial charge < -0.3 is 15.1 Å². The summed E-state index contributed by atoms with van der Waals surface area (Å²) in [5.74, 6) is -2.51. The second kappa shape index (κ2) is 11.3. The average molecular weight is 594 g/mol. The Morgan fingerprint density at radius 1 is 0.833 bits per heavy atom. The normalized spacial score (nSPS) is 16.7. The van der Waals surface area contributed by atoms with E-state index in [1.54, 1.807) is 24.3 Å². The van der Waals surface area contributed by atoms with E-state index >= 15 is 0 Å². The second-order valence-corrected chi connectivity index (χ2v) is 12.6. The first kappa shape index (κ1) is 28.0. The molecule has 2 N–H and O–H groups in total. The minimum Gasteiger partial charge on any atom is -0.339 e. The third-order valence-corrected chi connectivity index (χ3v) is 9.76. The summed E-state index contributed by atoms with van der Waals surface area (Å²) < 4.78 is 53.5. The molecule has 2 aliphatic rings. The van der Waals surface area contributed by atoms with E-state index in [0.717, 1.165) is 38.1 Å². The summed E-state index contributed by atoms with van der Waals surface area (Å²) in [4.78, 5) is 29.7. The van der Waals surface area contributed by atoms with E-state index in [-0.39, 0.29) is 22.2 Å². The third kappa shape index (κ3) is 5.51. The topological polar surface area (TPSA) is 115 Å². The summed E-state index contributed by atoms with van der Waals surface area (Å²) in [5.41, 5.74) is 1.23. The number of hydrogen-bond acceptors (Lipinski definition) is 6. The van der Waals surface area contributed by atoms with E-state index < -0.39 is 32.3 Å². The fourth-order valence-electron chi connectivity index (χ4n) is 5.74. The molecule has 2 saturated heterocycles. The fourth-order valence-corrected chi connectivity index (χ4v) is 7.07. The Bertz CT molecular complexity index is 1740. The smallest absolute Gasteiger partial charge is 0.256 e. The lowest BCUT2D eigenvalue weighted by atomic mass is 10.0. The maximum Gasteiger partial charge on any atom is 0.256 e. The van der Waals surface area contributed by atoms with Gasteiger partial charge in [-0.15, -0.1) is 0 Å². The van der Waals surface area contributed by atoms with Gasteiger partial charge in [0.2, 0.25) is 9.84 Å². The standard InChI is InChI=1S/C30H29F2N5O4S/c31-21-15-22(32)17-25(16-21)42(40,41)24-7-8-27-26(18-24)28(35-34-27)33-29(38)19-3-5-20(6-4-19)30(39)37-13-9-23(10-14-37)36-11-1-2-12-36/h3-8,15-18,23H,1-2,9-14H2,(H2,33,34,35,38). The zero-order valence-corrected chi connectivity index (χ0v) is 23.5. The Labute approximate surface area is 241 Å². The molecular formula is C30H29F2N5O4S. The van der Waals surface area contributed by atoms with Crippen LogP contribution in [0.5, 0.6) is 0 Å². The van der Waals surface area contributed by atoms with Gasteiger partial charge in [0, 0.05) is 41.7 Å². The lowest BCUT2D eigenvalue weighted by Crippen LogP contribution is -2.45. The largest absolute Gasteiger partial charge is 0.339 e. The van der Waals surface area contributed by atoms with Crippen molar-refractivity contribution in [1.29, 1.82) is 0 Å². The van der Waals surface area contributed by atoms with Crippen LogP contribution in [0.15, 0.2) is 70.5 Å².